The van der Waals surface area contributed by atoms with Crippen LogP contribution in [0.5, 0.6) is 0 Å². The number of aliphatic hydroxyl groups is 1. The third kappa shape index (κ3) is 2.56. The van der Waals surface area contributed by atoms with Gasteiger partial charge in [0.15, 0.2) is 0 Å². The van der Waals surface area contributed by atoms with Gasteiger partial charge in [-0.25, -0.2) is 0 Å². The molecule has 1 aliphatic heterocycles. The smallest absolute Gasteiger partial charge is 0.0715 e. The van der Waals surface area contributed by atoms with E-state index in [0.717, 1.165) is 35.1 Å². The van der Waals surface area contributed by atoms with E-state index < -0.39 is 0 Å². The molecule has 1 aromatic carbocycles. The Bertz CT molecular complexity index is 370. The van der Waals surface area contributed by atoms with Crippen LogP contribution in [0.4, 0.5) is 5.69 Å². The largest absolute Gasteiger partial charge is 0.391 e. The van der Waals surface area contributed by atoms with Crippen molar-refractivity contribution in [3.63, 3.8) is 0 Å². The second-order valence-corrected chi connectivity index (χ2v) is 5.13. The van der Waals surface area contributed by atoms with Crippen LogP contribution in [-0.2, 0) is 6.54 Å². The monoisotopic (exact) mass is 284 g/mol. The van der Waals surface area contributed by atoms with Crippen LogP contribution in [-0.4, -0.2) is 24.3 Å². The number of nitrogens with two attached hydrogens (primary N) is 1. The molecule has 4 heteroatoms. The number of piperidine rings is 1. The van der Waals surface area contributed by atoms with Gasteiger partial charge < -0.3 is 15.7 Å². The Morgan fingerprint density at radius 3 is 3.00 bits per heavy atom. The summed E-state index contributed by atoms with van der Waals surface area (Å²) in [6.07, 6.45) is 1.73. The van der Waals surface area contributed by atoms with E-state index in [1.54, 1.807) is 0 Å². The second-order valence-electron chi connectivity index (χ2n) is 4.22. The Morgan fingerprint density at radius 1 is 1.50 bits per heavy atom. The van der Waals surface area contributed by atoms with Crippen LogP contribution in [0.1, 0.15) is 18.4 Å². The molecule has 88 valence electrons. The summed E-state index contributed by atoms with van der Waals surface area (Å²) < 4.78 is 1.06. The minimum atomic E-state index is -0.210. The lowest BCUT2D eigenvalue weighted by atomic mass is 10.1. The van der Waals surface area contributed by atoms with Gasteiger partial charge in [0.2, 0.25) is 0 Å². The van der Waals surface area contributed by atoms with Crippen molar-refractivity contribution in [1.82, 2.24) is 0 Å². The number of rotatable bonds is 2. The molecule has 1 atom stereocenters. The number of hydrogen-bond acceptors (Lipinski definition) is 3. The summed E-state index contributed by atoms with van der Waals surface area (Å²) in [5.74, 6) is 0. The average molecular weight is 285 g/mol. The molecule has 1 fully saturated rings. The van der Waals surface area contributed by atoms with Crippen molar-refractivity contribution < 1.29 is 5.11 Å². The molecule has 0 aliphatic carbocycles. The van der Waals surface area contributed by atoms with Crippen molar-refractivity contribution in [2.75, 3.05) is 18.0 Å². The maximum absolute atomic E-state index is 9.69. The standard InChI is InChI=1S/C12H17BrN2O/c13-10-4-3-9(7-14)12(6-10)15-5-1-2-11(16)8-15/h3-4,6,11,16H,1-2,5,7-8,14H2. The number of β-amino-alcohol motifs (C(OH)–C–C–N with tert-alkyl or cyclic N) is 1. The fraction of sp³-hybridized carbons (Fsp3) is 0.500. The highest BCUT2D eigenvalue weighted by molar-refractivity contribution is 9.10. The van der Waals surface area contributed by atoms with Gasteiger partial charge in [0, 0.05) is 29.8 Å². The molecular formula is C12H17BrN2O. The van der Waals surface area contributed by atoms with Gasteiger partial charge in [-0.3, -0.25) is 0 Å². The van der Waals surface area contributed by atoms with Crippen LogP contribution in [0.2, 0.25) is 0 Å². The number of aliphatic hydroxyl groups excluding tert-OH is 1. The van der Waals surface area contributed by atoms with Crippen molar-refractivity contribution in [2.45, 2.75) is 25.5 Å². The number of anilines is 1. The molecule has 0 saturated carbocycles. The molecule has 0 aromatic heterocycles. The van der Waals surface area contributed by atoms with Gasteiger partial charge in [0.25, 0.3) is 0 Å². The third-order valence-corrected chi connectivity index (χ3v) is 3.50. The van der Waals surface area contributed by atoms with Gasteiger partial charge in [-0.2, -0.15) is 0 Å². The van der Waals surface area contributed by atoms with Crippen LogP contribution in [0.15, 0.2) is 22.7 Å². The molecule has 0 bridgehead atoms. The van der Waals surface area contributed by atoms with Crippen LogP contribution >= 0.6 is 15.9 Å². The summed E-state index contributed by atoms with van der Waals surface area (Å²) in [5.41, 5.74) is 8.02. The fourth-order valence-electron chi connectivity index (χ4n) is 2.18. The summed E-state index contributed by atoms with van der Waals surface area (Å²) >= 11 is 3.48. The molecule has 1 saturated heterocycles. The molecule has 3 nitrogen and oxygen atoms in total. The summed E-state index contributed by atoms with van der Waals surface area (Å²) in [5, 5.41) is 9.69. The maximum Gasteiger partial charge on any atom is 0.0715 e. The first-order valence-electron chi connectivity index (χ1n) is 5.62. The highest BCUT2D eigenvalue weighted by Crippen LogP contribution is 2.27. The van der Waals surface area contributed by atoms with Crippen molar-refractivity contribution in [3.05, 3.63) is 28.2 Å². The number of nitrogens with zero attached hydrogens (tertiary/aromatic N) is 1. The Labute approximate surface area is 104 Å². The minimum absolute atomic E-state index is 0.210. The normalized spacial score (nSPS) is 21.2. The SMILES string of the molecule is NCc1ccc(Br)cc1N1CCCC(O)C1. The van der Waals surface area contributed by atoms with E-state index in [-0.39, 0.29) is 6.10 Å². The lowest BCUT2D eigenvalue weighted by Crippen LogP contribution is -2.38. The van der Waals surface area contributed by atoms with Crippen LogP contribution in [0.25, 0.3) is 0 Å². The number of halogens is 1. The zero-order chi connectivity index (χ0) is 11.5. The number of hydrogen-bond donors (Lipinski definition) is 2. The zero-order valence-electron chi connectivity index (χ0n) is 9.19. The zero-order valence-corrected chi connectivity index (χ0v) is 10.8. The molecule has 0 spiro atoms. The Kier molecular flexibility index (Phi) is 3.84. The van der Waals surface area contributed by atoms with Gasteiger partial charge >= 0.3 is 0 Å². The first-order valence-corrected chi connectivity index (χ1v) is 6.41. The Morgan fingerprint density at radius 2 is 2.31 bits per heavy atom. The predicted octanol–water partition coefficient (Wildman–Crippen LogP) is 1.87. The average Bonchev–Trinajstić information content (AvgIpc) is 2.29. The first-order chi connectivity index (χ1) is 7.70. The molecule has 1 aromatic rings. The summed E-state index contributed by atoms with van der Waals surface area (Å²) in [4.78, 5) is 2.22. The van der Waals surface area contributed by atoms with Gasteiger partial charge in [-0.05, 0) is 30.5 Å². The second kappa shape index (κ2) is 5.17. The lowest BCUT2D eigenvalue weighted by Gasteiger charge is -2.33. The van der Waals surface area contributed by atoms with Gasteiger partial charge in [-0.15, -0.1) is 0 Å². The van der Waals surface area contributed by atoms with Crippen LogP contribution in [0, 0.1) is 0 Å². The maximum atomic E-state index is 9.69. The van der Waals surface area contributed by atoms with Gasteiger partial charge in [0.1, 0.15) is 0 Å². The van der Waals surface area contributed by atoms with Crippen molar-refractivity contribution in [2.24, 2.45) is 5.73 Å². The summed E-state index contributed by atoms with van der Waals surface area (Å²) in [6, 6.07) is 6.13. The molecule has 2 rings (SSSR count). The van der Waals surface area contributed by atoms with E-state index in [0.29, 0.717) is 13.1 Å². The van der Waals surface area contributed by atoms with Crippen molar-refractivity contribution in [1.29, 1.82) is 0 Å². The molecule has 0 radical (unpaired) electrons. The van der Waals surface area contributed by atoms with Crippen LogP contribution < -0.4 is 10.6 Å². The Hall–Kier alpha value is -0.580. The topological polar surface area (TPSA) is 49.5 Å². The van der Waals surface area contributed by atoms with E-state index in [2.05, 4.69) is 26.9 Å². The van der Waals surface area contributed by atoms with Gasteiger partial charge in [0.05, 0.1) is 6.10 Å². The lowest BCUT2D eigenvalue weighted by molar-refractivity contribution is 0.154. The predicted molar refractivity (Wildman–Crippen MR) is 69.5 cm³/mol. The van der Waals surface area contributed by atoms with Crippen LogP contribution in [0.3, 0.4) is 0 Å². The van der Waals surface area contributed by atoms with Crippen molar-refractivity contribution >= 4 is 21.6 Å². The molecule has 3 N–H and O–H groups in total. The molecule has 0 amide bonds. The summed E-state index contributed by atoms with van der Waals surface area (Å²) in [6.45, 7) is 2.25. The summed E-state index contributed by atoms with van der Waals surface area (Å²) in [7, 11) is 0. The van der Waals surface area contributed by atoms with E-state index in [1.807, 2.05) is 12.1 Å². The number of benzene rings is 1. The highest BCUT2D eigenvalue weighted by Gasteiger charge is 2.19. The highest BCUT2D eigenvalue weighted by atomic mass is 79.9. The van der Waals surface area contributed by atoms with E-state index >= 15 is 0 Å². The molecule has 1 unspecified atom stereocenters. The van der Waals surface area contributed by atoms with E-state index in [4.69, 9.17) is 5.73 Å². The molecule has 16 heavy (non-hydrogen) atoms. The molecule has 1 heterocycles. The minimum Gasteiger partial charge on any atom is -0.391 e. The molecular weight excluding hydrogens is 268 g/mol. The fourth-order valence-corrected chi connectivity index (χ4v) is 2.53. The van der Waals surface area contributed by atoms with E-state index in [1.165, 1.54) is 0 Å². The third-order valence-electron chi connectivity index (χ3n) is 3.00. The van der Waals surface area contributed by atoms with Crippen molar-refractivity contribution in [3.8, 4) is 0 Å². The van der Waals surface area contributed by atoms with E-state index in [9.17, 15) is 5.11 Å². The first kappa shape index (κ1) is 11.9. The molecule has 1 aliphatic rings. The quantitative estimate of drug-likeness (QED) is 0.872. The Balaban J connectivity index is 2.26. The van der Waals surface area contributed by atoms with Gasteiger partial charge in [-0.1, -0.05) is 22.0 Å².